The van der Waals surface area contributed by atoms with Crippen molar-refractivity contribution in [1.29, 1.82) is 0 Å². The minimum atomic E-state index is -0.268. The minimum Gasteiger partial charge on any atom is -0.361 e. The van der Waals surface area contributed by atoms with Crippen LogP contribution in [0.1, 0.15) is 15.9 Å². The van der Waals surface area contributed by atoms with Crippen LogP contribution in [0.4, 0.5) is 4.39 Å². The van der Waals surface area contributed by atoms with Crippen LogP contribution >= 0.6 is 11.6 Å². The number of amides is 1. The third-order valence-corrected chi connectivity index (χ3v) is 3.73. The van der Waals surface area contributed by atoms with E-state index in [-0.39, 0.29) is 11.7 Å². The molecule has 0 atom stereocenters. The zero-order valence-corrected chi connectivity index (χ0v) is 12.5. The number of benzene rings is 2. The predicted octanol–water partition coefficient (Wildman–Crippen LogP) is 3.93. The highest BCUT2D eigenvalue weighted by Gasteiger charge is 2.07. The molecule has 0 aliphatic carbocycles. The van der Waals surface area contributed by atoms with Crippen LogP contribution in [-0.2, 0) is 6.42 Å². The van der Waals surface area contributed by atoms with Crippen molar-refractivity contribution in [2.24, 2.45) is 0 Å². The molecule has 0 saturated carbocycles. The summed E-state index contributed by atoms with van der Waals surface area (Å²) >= 11 is 5.87. The Hall–Kier alpha value is -2.33. The average molecular weight is 317 g/mol. The molecule has 0 unspecified atom stereocenters. The lowest BCUT2D eigenvalue weighted by Gasteiger charge is -2.05. The first kappa shape index (κ1) is 14.6. The van der Waals surface area contributed by atoms with Gasteiger partial charge in [0.25, 0.3) is 5.91 Å². The summed E-state index contributed by atoms with van der Waals surface area (Å²) in [7, 11) is 0. The van der Waals surface area contributed by atoms with E-state index < -0.39 is 0 Å². The Balaban J connectivity index is 1.64. The highest BCUT2D eigenvalue weighted by Crippen LogP contribution is 2.19. The number of fused-ring (bicyclic) bond motifs is 1. The fourth-order valence-electron chi connectivity index (χ4n) is 2.41. The maximum atomic E-state index is 13.1. The largest absolute Gasteiger partial charge is 0.361 e. The maximum absolute atomic E-state index is 13.1. The smallest absolute Gasteiger partial charge is 0.251 e. The molecule has 1 amide bonds. The van der Waals surface area contributed by atoms with Crippen LogP contribution in [-0.4, -0.2) is 17.4 Å². The summed E-state index contributed by atoms with van der Waals surface area (Å²) in [5.74, 6) is -0.427. The molecule has 0 aliphatic rings. The molecule has 5 heteroatoms. The zero-order valence-electron chi connectivity index (χ0n) is 11.7. The highest BCUT2D eigenvalue weighted by molar-refractivity contribution is 6.30. The van der Waals surface area contributed by atoms with Crippen LogP contribution in [0.3, 0.4) is 0 Å². The topological polar surface area (TPSA) is 44.9 Å². The van der Waals surface area contributed by atoms with Crippen molar-refractivity contribution in [3.63, 3.8) is 0 Å². The normalized spacial score (nSPS) is 10.8. The van der Waals surface area contributed by atoms with Gasteiger partial charge in [0.1, 0.15) is 5.82 Å². The molecule has 1 heterocycles. The van der Waals surface area contributed by atoms with E-state index in [2.05, 4.69) is 10.3 Å². The van der Waals surface area contributed by atoms with Gasteiger partial charge >= 0.3 is 0 Å². The third kappa shape index (κ3) is 3.12. The van der Waals surface area contributed by atoms with E-state index in [1.807, 2.05) is 6.20 Å². The number of H-pyrrole nitrogens is 1. The van der Waals surface area contributed by atoms with Gasteiger partial charge in [-0.05, 0) is 48.4 Å². The lowest BCUT2D eigenvalue weighted by molar-refractivity contribution is 0.0954. The molecular weight excluding hydrogens is 303 g/mol. The highest BCUT2D eigenvalue weighted by atomic mass is 35.5. The van der Waals surface area contributed by atoms with Gasteiger partial charge in [-0.3, -0.25) is 4.79 Å². The first-order chi connectivity index (χ1) is 10.6. The summed E-state index contributed by atoms with van der Waals surface area (Å²) in [5, 5.41) is 4.36. The average Bonchev–Trinajstić information content (AvgIpc) is 2.89. The van der Waals surface area contributed by atoms with Crippen LogP contribution in [0.25, 0.3) is 10.9 Å². The van der Waals surface area contributed by atoms with Crippen LogP contribution in [0, 0.1) is 5.82 Å². The molecule has 0 aliphatic heterocycles. The van der Waals surface area contributed by atoms with Gasteiger partial charge in [-0.1, -0.05) is 17.7 Å². The molecule has 2 N–H and O–H groups in total. The summed E-state index contributed by atoms with van der Waals surface area (Å²) in [6.07, 6.45) is 2.51. The third-order valence-electron chi connectivity index (χ3n) is 3.50. The van der Waals surface area contributed by atoms with Crippen molar-refractivity contribution in [2.45, 2.75) is 6.42 Å². The molecule has 3 rings (SSSR count). The van der Waals surface area contributed by atoms with E-state index >= 15 is 0 Å². The molecule has 0 radical (unpaired) electrons. The number of nitrogens with one attached hydrogen (secondary N) is 2. The SMILES string of the molecule is O=C(NCCc1c[nH]c2cc(F)ccc12)c1cccc(Cl)c1. The first-order valence-electron chi connectivity index (χ1n) is 6.93. The number of halogens is 2. The number of hydrogen-bond donors (Lipinski definition) is 2. The monoisotopic (exact) mass is 316 g/mol. The fraction of sp³-hybridized carbons (Fsp3) is 0.118. The molecule has 22 heavy (non-hydrogen) atoms. The molecule has 0 bridgehead atoms. The molecule has 0 fully saturated rings. The van der Waals surface area contributed by atoms with Crippen molar-refractivity contribution in [1.82, 2.24) is 10.3 Å². The molecular formula is C17H14ClFN2O. The van der Waals surface area contributed by atoms with E-state index in [9.17, 15) is 9.18 Å². The van der Waals surface area contributed by atoms with Gasteiger partial charge in [-0.2, -0.15) is 0 Å². The lowest BCUT2D eigenvalue weighted by Crippen LogP contribution is -2.25. The van der Waals surface area contributed by atoms with Gasteiger partial charge < -0.3 is 10.3 Å². The van der Waals surface area contributed by atoms with Crippen LogP contribution < -0.4 is 5.32 Å². The molecule has 3 aromatic rings. The van der Waals surface area contributed by atoms with Gasteiger partial charge in [0, 0.05) is 34.2 Å². The van der Waals surface area contributed by atoms with E-state index in [0.717, 1.165) is 16.5 Å². The van der Waals surface area contributed by atoms with Crippen molar-refractivity contribution in [3.05, 3.63) is 70.6 Å². The number of aromatic nitrogens is 1. The summed E-state index contributed by atoms with van der Waals surface area (Å²) < 4.78 is 13.1. The standard InChI is InChI=1S/C17H14ClFN2O/c18-13-3-1-2-11(8-13)17(22)20-7-6-12-10-21-16-9-14(19)4-5-15(12)16/h1-5,8-10,21H,6-7H2,(H,20,22). The number of hydrogen-bond acceptors (Lipinski definition) is 1. The van der Waals surface area contributed by atoms with E-state index in [1.54, 1.807) is 30.3 Å². The van der Waals surface area contributed by atoms with Crippen LogP contribution in [0.15, 0.2) is 48.7 Å². The van der Waals surface area contributed by atoms with E-state index in [4.69, 9.17) is 11.6 Å². The lowest BCUT2D eigenvalue weighted by atomic mass is 10.1. The van der Waals surface area contributed by atoms with Gasteiger partial charge in [0.2, 0.25) is 0 Å². The summed E-state index contributed by atoms with van der Waals surface area (Å²) in [6, 6.07) is 11.5. The molecule has 1 aromatic heterocycles. The van der Waals surface area contributed by atoms with Crippen LogP contribution in [0.2, 0.25) is 5.02 Å². The quantitative estimate of drug-likeness (QED) is 0.752. The molecule has 3 nitrogen and oxygen atoms in total. The predicted molar refractivity (Wildman–Crippen MR) is 85.7 cm³/mol. The zero-order chi connectivity index (χ0) is 15.5. The number of carbonyl (C=O) groups is 1. The van der Waals surface area contributed by atoms with E-state index in [0.29, 0.717) is 23.6 Å². The van der Waals surface area contributed by atoms with Gasteiger partial charge in [-0.25, -0.2) is 4.39 Å². The summed E-state index contributed by atoms with van der Waals surface area (Å²) in [5.41, 5.74) is 2.34. The second-order valence-electron chi connectivity index (χ2n) is 5.02. The fourth-order valence-corrected chi connectivity index (χ4v) is 2.60. The Labute approximate surface area is 132 Å². The summed E-state index contributed by atoms with van der Waals surface area (Å²) in [6.45, 7) is 0.496. The van der Waals surface area contributed by atoms with Crippen molar-refractivity contribution in [3.8, 4) is 0 Å². The summed E-state index contributed by atoms with van der Waals surface area (Å²) in [4.78, 5) is 15.0. The van der Waals surface area contributed by atoms with Gasteiger partial charge in [0.05, 0.1) is 0 Å². The van der Waals surface area contributed by atoms with Crippen molar-refractivity contribution < 1.29 is 9.18 Å². The van der Waals surface area contributed by atoms with Crippen molar-refractivity contribution >= 4 is 28.4 Å². The number of carbonyl (C=O) groups excluding carboxylic acids is 1. The van der Waals surface area contributed by atoms with Gasteiger partial charge in [-0.15, -0.1) is 0 Å². The minimum absolute atomic E-state index is 0.159. The maximum Gasteiger partial charge on any atom is 0.251 e. The Kier molecular flexibility index (Phi) is 4.11. The Morgan fingerprint density at radius 2 is 2.09 bits per heavy atom. The Bertz CT molecular complexity index is 828. The molecule has 0 spiro atoms. The molecule has 112 valence electrons. The van der Waals surface area contributed by atoms with Crippen molar-refractivity contribution in [2.75, 3.05) is 6.54 Å². The first-order valence-corrected chi connectivity index (χ1v) is 7.30. The Morgan fingerprint density at radius 1 is 1.23 bits per heavy atom. The van der Waals surface area contributed by atoms with E-state index in [1.165, 1.54) is 12.1 Å². The molecule has 0 saturated heterocycles. The second-order valence-corrected chi connectivity index (χ2v) is 5.46. The number of aromatic amines is 1. The molecule has 2 aromatic carbocycles. The van der Waals surface area contributed by atoms with Gasteiger partial charge in [0.15, 0.2) is 0 Å². The number of rotatable bonds is 4. The Morgan fingerprint density at radius 3 is 2.91 bits per heavy atom. The second kappa shape index (κ2) is 6.20. The van der Waals surface area contributed by atoms with Crippen LogP contribution in [0.5, 0.6) is 0 Å².